The van der Waals surface area contributed by atoms with Gasteiger partial charge in [0, 0.05) is 5.57 Å². The zero-order valence-corrected chi connectivity index (χ0v) is 8.10. The van der Waals surface area contributed by atoms with Crippen molar-refractivity contribution in [1.29, 1.82) is 0 Å². The van der Waals surface area contributed by atoms with E-state index in [-0.39, 0.29) is 13.2 Å². The molecule has 1 N–H and O–H groups in total. The maximum absolute atomic E-state index is 10.8. The molecule has 6 heteroatoms. The van der Waals surface area contributed by atoms with Crippen LogP contribution >= 0.6 is 12.8 Å². The van der Waals surface area contributed by atoms with Gasteiger partial charge in [0.15, 0.2) is 0 Å². The van der Waals surface area contributed by atoms with E-state index in [1.165, 1.54) is 6.92 Å². The average molecular weight is 205 g/mol. The molecule has 1 amide bonds. The highest BCUT2D eigenvalue weighted by Gasteiger charge is 2.03. The van der Waals surface area contributed by atoms with Crippen molar-refractivity contribution >= 4 is 24.9 Å². The molecule has 0 aromatic rings. The van der Waals surface area contributed by atoms with E-state index in [4.69, 9.17) is 0 Å². The van der Waals surface area contributed by atoms with Crippen LogP contribution in [0.3, 0.4) is 0 Å². The van der Waals surface area contributed by atoms with E-state index < -0.39 is 12.1 Å². The molecule has 0 rings (SSSR count). The number of rotatable bonds is 4. The summed E-state index contributed by atoms with van der Waals surface area (Å²) in [7, 11) is 0. The predicted molar refractivity (Wildman–Crippen MR) is 49.2 cm³/mol. The summed E-state index contributed by atoms with van der Waals surface area (Å²) in [6.45, 7) is 4.91. The summed E-state index contributed by atoms with van der Waals surface area (Å²) in [5, 5.41) is 0. The minimum absolute atomic E-state index is 0.00684. The topological polar surface area (TPSA) is 64.6 Å². The maximum atomic E-state index is 10.8. The molecule has 0 heterocycles. The van der Waals surface area contributed by atoms with E-state index in [9.17, 15) is 9.59 Å². The zero-order chi connectivity index (χ0) is 10.3. The predicted octanol–water partition coefficient (Wildman–Crippen LogP) is 0.677. The number of carbonyl (C=O) groups is 2. The van der Waals surface area contributed by atoms with Gasteiger partial charge in [-0.15, -0.1) is 0 Å². The van der Waals surface area contributed by atoms with Crippen molar-refractivity contribution in [1.82, 2.24) is 4.72 Å². The molecule has 0 atom stereocenters. The maximum Gasteiger partial charge on any atom is 0.417 e. The first-order valence-corrected chi connectivity index (χ1v) is 3.92. The second-order valence-electron chi connectivity index (χ2n) is 2.16. The third-order valence-corrected chi connectivity index (χ3v) is 1.17. The molecular weight excluding hydrogens is 194 g/mol. The van der Waals surface area contributed by atoms with E-state index in [1.807, 2.05) is 4.72 Å². The number of hydrogen-bond acceptors (Lipinski definition) is 5. The minimum atomic E-state index is -0.685. The second kappa shape index (κ2) is 6.36. The van der Waals surface area contributed by atoms with Crippen LogP contribution in [-0.2, 0) is 14.3 Å². The van der Waals surface area contributed by atoms with Crippen LogP contribution in [0.25, 0.3) is 0 Å². The van der Waals surface area contributed by atoms with Crippen molar-refractivity contribution in [3.63, 3.8) is 0 Å². The summed E-state index contributed by atoms with van der Waals surface area (Å²) in [6.07, 6.45) is -0.685. The summed E-state index contributed by atoms with van der Waals surface area (Å²) < 4.78 is 11.1. The number of hydrogen-bond donors (Lipinski definition) is 2. The fraction of sp³-hybridized carbons (Fsp3) is 0.429. The fourth-order valence-electron chi connectivity index (χ4n) is 0.424. The molecule has 74 valence electrons. The molecule has 0 saturated carbocycles. The van der Waals surface area contributed by atoms with Gasteiger partial charge in [-0.2, -0.15) is 0 Å². The summed E-state index contributed by atoms with van der Waals surface area (Å²) in [6, 6.07) is 0. The summed E-state index contributed by atoms with van der Waals surface area (Å²) >= 11 is 3.44. The van der Waals surface area contributed by atoms with Crippen LogP contribution in [0.5, 0.6) is 0 Å². The molecule has 0 aliphatic rings. The number of carbonyl (C=O) groups excluding carboxylic acids is 2. The van der Waals surface area contributed by atoms with E-state index in [0.29, 0.717) is 5.57 Å². The number of amides is 1. The van der Waals surface area contributed by atoms with Crippen molar-refractivity contribution in [3.05, 3.63) is 12.2 Å². The molecule has 0 saturated heterocycles. The van der Waals surface area contributed by atoms with Crippen molar-refractivity contribution in [2.75, 3.05) is 13.2 Å². The lowest BCUT2D eigenvalue weighted by atomic mass is 10.4. The van der Waals surface area contributed by atoms with Gasteiger partial charge in [0.05, 0.1) is 0 Å². The van der Waals surface area contributed by atoms with Crippen molar-refractivity contribution in [2.45, 2.75) is 6.92 Å². The van der Waals surface area contributed by atoms with Gasteiger partial charge in [-0.1, -0.05) is 19.4 Å². The highest BCUT2D eigenvalue weighted by Crippen LogP contribution is 1.91. The van der Waals surface area contributed by atoms with Crippen LogP contribution in [0, 0.1) is 0 Å². The summed E-state index contributed by atoms with van der Waals surface area (Å²) in [4.78, 5) is 21.2. The molecule has 0 fully saturated rings. The first-order chi connectivity index (χ1) is 6.07. The van der Waals surface area contributed by atoms with Gasteiger partial charge in [-0.05, 0) is 6.92 Å². The Morgan fingerprint density at radius 2 is 1.92 bits per heavy atom. The van der Waals surface area contributed by atoms with E-state index in [2.05, 4.69) is 28.9 Å². The molecule has 0 bridgehead atoms. The molecule has 0 aliphatic carbocycles. The van der Waals surface area contributed by atoms with E-state index >= 15 is 0 Å². The molecule has 0 unspecified atom stereocenters. The normalized spacial score (nSPS) is 8.77. The van der Waals surface area contributed by atoms with Crippen LogP contribution in [0.4, 0.5) is 4.79 Å². The Kier molecular flexibility index (Phi) is 5.79. The standard InChI is InChI=1S/C7H11NO4S/c1-5(2)6(9)11-3-4-12-7(10)8-13/h13H,1,3-4H2,2H3,(H,8,10). The van der Waals surface area contributed by atoms with Crippen LogP contribution in [-0.4, -0.2) is 25.3 Å². The minimum Gasteiger partial charge on any atom is -0.459 e. The Morgan fingerprint density at radius 1 is 1.38 bits per heavy atom. The Balaban J connectivity index is 3.41. The first-order valence-electron chi connectivity index (χ1n) is 3.47. The van der Waals surface area contributed by atoms with Crippen molar-refractivity contribution in [3.8, 4) is 0 Å². The van der Waals surface area contributed by atoms with Gasteiger partial charge < -0.3 is 9.47 Å². The lowest BCUT2D eigenvalue weighted by Crippen LogP contribution is -2.18. The van der Waals surface area contributed by atoms with Gasteiger partial charge in [-0.3, -0.25) is 4.72 Å². The van der Waals surface area contributed by atoms with E-state index in [1.54, 1.807) is 0 Å². The van der Waals surface area contributed by atoms with E-state index in [0.717, 1.165) is 0 Å². The van der Waals surface area contributed by atoms with Gasteiger partial charge in [-0.25, -0.2) is 9.59 Å². The van der Waals surface area contributed by atoms with Gasteiger partial charge in [0.1, 0.15) is 13.2 Å². The highest BCUT2D eigenvalue weighted by molar-refractivity contribution is 7.78. The third-order valence-electron chi connectivity index (χ3n) is 0.989. The zero-order valence-electron chi connectivity index (χ0n) is 7.20. The molecule has 0 radical (unpaired) electrons. The van der Waals surface area contributed by atoms with Gasteiger partial charge >= 0.3 is 12.1 Å². The lowest BCUT2D eigenvalue weighted by Gasteiger charge is -2.04. The van der Waals surface area contributed by atoms with Crippen LogP contribution < -0.4 is 4.72 Å². The Labute approximate surface area is 81.6 Å². The quantitative estimate of drug-likeness (QED) is 0.306. The number of ether oxygens (including phenoxy) is 2. The molecule has 13 heavy (non-hydrogen) atoms. The SMILES string of the molecule is C=C(C)C(=O)OCCOC(=O)NS. The Morgan fingerprint density at radius 3 is 2.38 bits per heavy atom. The van der Waals surface area contributed by atoms with Crippen LogP contribution in [0.1, 0.15) is 6.92 Å². The molecular formula is C7H11NO4S. The summed E-state index contributed by atoms with van der Waals surface area (Å²) in [5.41, 5.74) is 0.304. The van der Waals surface area contributed by atoms with Crippen molar-refractivity contribution < 1.29 is 19.1 Å². The molecule has 5 nitrogen and oxygen atoms in total. The number of nitrogens with one attached hydrogen (secondary N) is 1. The molecule has 0 spiro atoms. The molecule has 0 aliphatic heterocycles. The number of thiol groups is 1. The highest BCUT2D eigenvalue weighted by atomic mass is 32.1. The smallest absolute Gasteiger partial charge is 0.417 e. The van der Waals surface area contributed by atoms with Crippen LogP contribution in [0.2, 0.25) is 0 Å². The average Bonchev–Trinajstić information content (AvgIpc) is 2.11. The monoisotopic (exact) mass is 205 g/mol. The second-order valence-corrected chi connectivity index (χ2v) is 2.39. The Bertz CT molecular complexity index is 217. The van der Waals surface area contributed by atoms with Gasteiger partial charge in [0.25, 0.3) is 0 Å². The summed E-state index contributed by atoms with van der Waals surface area (Å²) in [5.74, 6) is -0.505. The fourth-order valence-corrected chi connectivity index (χ4v) is 0.489. The largest absolute Gasteiger partial charge is 0.459 e. The first kappa shape index (κ1) is 11.8. The molecule has 0 aromatic carbocycles. The van der Waals surface area contributed by atoms with Crippen LogP contribution in [0.15, 0.2) is 12.2 Å². The lowest BCUT2D eigenvalue weighted by molar-refractivity contribution is -0.139. The Hall–Kier alpha value is -1.17. The third kappa shape index (κ3) is 6.03. The number of esters is 1. The van der Waals surface area contributed by atoms with Crippen molar-refractivity contribution in [2.24, 2.45) is 0 Å². The van der Waals surface area contributed by atoms with Gasteiger partial charge in [0.2, 0.25) is 0 Å². The molecule has 0 aromatic heterocycles.